The van der Waals surface area contributed by atoms with E-state index in [1.165, 1.54) is 12.1 Å². The van der Waals surface area contributed by atoms with Gasteiger partial charge in [0.2, 0.25) is 5.13 Å². The van der Waals surface area contributed by atoms with Crippen LogP contribution in [0.25, 0.3) is 0 Å². The zero-order valence-electron chi connectivity index (χ0n) is 9.49. The van der Waals surface area contributed by atoms with Crippen LogP contribution in [-0.4, -0.2) is 29.8 Å². The summed E-state index contributed by atoms with van der Waals surface area (Å²) in [6.45, 7) is 2.75. The summed E-state index contributed by atoms with van der Waals surface area (Å²) >= 11 is 0.881. The predicted molar refractivity (Wildman–Crippen MR) is 69.1 cm³/mol. The summed E-state index contributed by atoms with van der Waals surface area (Å²) in [5.41, 5.74) is 0.869. The molecular weight excluding hydrogens is 274 g/mol. The fraction of sp³-hybridized carbons (Fsp3) is 0.222. The molecule has 0 amide bonds. The number of anilines is 2. The van der Waals surface area contributed by atoms with Gasteiger partial charge in [0.25, 0.3) is 10.0 Å². The van der Waals surface area contributed by atoms with Gasteiger partial charge in [-0.1, -0.05) is 9.59 Å². The molecule has 0 fully saturated rings. The van der Waals surface area contributed by atoms with Gasteiger partial charge in [0.1, 0.15) is 0 Å². The molecule has 1 aromatic heterocycles. The van der Waals surface area contributed by atoms with Gasteiger partial charge in [-0.3, -0.25) is 4.72 Å². The summed E-state index contributed by atoms with van der Waals surface area (Å²) in [5, 5.41) is 10.1. The van der Waals surface area contributed by atoms with Gasteiger partial charge >= 0.3 is 0 Å². The first kappa shape index (κ1) is 12.7. The Labute approximate surface area is 108 Å². The number of rotatable bonds is 5. The van der Waals surface area contributed by atoms with Crippen LogP contribution in [0.1, 0.15) is 6.92 Å². The monoisotopic (exact) mass is 285 g/mol. The van der Waals surface area contributed by atoms with E-state index in [1.807, 2.05) is 6.92 Å². The lowest BCUT2D eigenvalue weighted by atomic mass is 10.3. The Morgan fingerprint density at radius 2 is 2.00 bits per heavy atom. The van der Waals surface area contributed by atoms with Crippen LogP contribution in [0.15, 0.2) is 29.2 Å². The minimum atomic E-state index is -3.62. The van der Waals surface area contributed by atoms with Crippen molar-refractivity contribution in [2.45, 2.75) is 11.8 Å². The molecule has 0 atom stereocenters. The topological polar surface area (TPSA) is 96.9 Å². The molecule has 0 radical (unpaired) electrons. The Morgan fingerprint density at radius 1 is 1.28 bits per heavy atom. The summed E-state index contributed by atoms with van der Waals surface area (Å²) < 4.78 is 29.7. The second kappa shape index (κ2) is 5.27. The van der Waals surface area contributed by atoms with E-state index in [0.29, 0.717) is 0 Å². The predicted octanol–water partition coefficient (Wildman–Crippen LogP) is 1.17. The number of nitrogens with zero attached hydrogens (tertiary/aromatic N) is 3. The third kappa shape index (κ3) is 2.93. The molecule has 0 aliphatic carbocycles. The Kier molecular flexibility index (Phi) is 3.72. The van der Waals surface area contributed by atoms with Crippen LogP contribution >= 0.6 is 11.5 Å². The van der Waals surface area contributed by atoms with Gasteiger partial charge in [0.05, 0.1) is 4.90 Å². The van der Waals surface area contributed by atoms with Crippen molar-refractivity contribution >= 4 is 32.4 Å². The highest BCUT2D eigenvalue weighted by Crippen LogP contribution is 2.17. The fourth-order valence-corrected chi connectivity index (χ4v) is 2.89. The van der Waals surface area contributed by atoms with Crippen LogP contribution < -0.4 is 10.0 Å². The number of benzene rings is 1. The van der Waals surface area contributed by atoms with E-state index in [1.54, 1.807) is 12.1 Å². The van der Waals surface area contributed by atoms with Crippen molar-refractivity contribution in [1.82, 2.24) is 14.8 Å². The lowest BCUT2D eigenvalue weighted by Gasteiger charge is -2.06. The van der Waals surface area contributed by atoms with Crippen molar-refractivity contribution in [3.63, 3.8) is 0 Å². The fourth-order valence-electron chi connectivity index (χ4n) is 1.30. The molecule has 1 aromatic carbocycles. The van der Waals surface area contributed by atoms with Crippen LogP contribution in [0.2, 0.25) is 0 Å². The number of hydrogen-bond donors (Lipinski definition) is 2. The number of hydrogen-bond acceptors (Lipinski definition) is 7. The molecule has 2 rings (SSSR count). The molecule has 0 aliphatic heterocycles. The highest BCUT2D eigenvalue weighted by Gasteiger charge is 2.15. The molecule has 0 saturated heterocycles. The first-order valence-electron chi connectivity index (χ1n) is 5.13. The minimum Gasteiger partial charge on any atom is -0.385 e. The molecule has 0 spiro atoms. The normalized spacial score (nSPS) is 11.2. The first-order chi connectivity index (χ1) is 8.62. The van der Waals surface area contributed by atoms with Crippen LogP contribution in [0.4, 0.5) is 10.8 Å². The van der Waals surface area contributed by atoms with Crippen molar-refractivity contribution in [1.29, 1.82) is 0 Å². The molecule has 96 valence electrons. The second-order valence-electron chi connectivity index (χ2n) is 3.33. The van der Waals surface area contributed by atoms with E-state index < -0.39 is 10.0 Å². The zero-order valence-corrected chi connectivity index (χ0v) is 11.1. The third-order valence-corrected chi connectivity index (χ3v) is 4.06. The van der Waals surface area contributed by atoms with Gasteiger partial charge < -0.3 is 5.32 Å². The van der Waals surface area contributed by atoms with Gasteiger partial charge in [-0.15, -0.1) is 0 Å². The van der Waals surface area contributed by atoms with Gasteiger partial charge in [0, 0.05) is 23.8 Å². The lowest BCUT2D eigenvalue weighted by molar-refractivity contribution is 0.601. The molecule has 0 bridgehead atoms. The number of nitrogens with one attached hydrogen (secondary N) is 2. The molecular formula is C9H11N5O2S2. The van der Waals surface area contributed by atoms with E-state index in [4.69, 9.17) is 0 Å². The summed E-state index contributed by atoms with van der Waals surface area (Å²) in [4.78, 5) is 0.166. The van der Waals surface area contributed by atoms with Gasteiger partial charge in [-0.05, 0) is 36.4 Å². The van der Waals surface area contributed by atoms with E-state index in [9.17, 15) is 8.42 Å². The summed E-state index contributed by atoms with van der Waals surface area (Å²) in [5.74, 6) is 0. The van der Waals surface area contributed by atoms with Gasteiger partial charge in [0.15, 0.2) is 0 Å². The Hall–Kier alpha value is -1.74. The lowest BCUT2D eigenvalue weighted by Crippen LogP contribution is -2.12. The number of aromatic nitrogens is 3. The quantitative estimate of drug-likeness (QED) is 0.855. The molecule has 1 heterocycles. The maximum atomic E-state index is 11.9. The largest absolute Gasteiger partial charge is 0.385 e. The van der Waals surface area contributed by atoms with E-state index >= 15 is 0 Å². The highest BCUT2D eigenvalue weighted by atomic mass is 32.2. The second-order valence-corrected chi connectivity index (χ2v) is 5.74. The van der Waals surface area contributed by atoms with Crippen molar-refractivity contribution in [2.75, 3.05) is 16.6 Å². The molecule has 2 N–H and O–H groups in total. The summed E-state index contributed by atoms with van der Waals surface area (Å²) in [6, 6.07) is 6.45. The molecule has 7 nitrogen and oxygen atoms in total. The van der Waals surface area contributed by atoms with Crippen molar-refractivity contribution in [3.05, 3.63) is 24.3 Å². The average molecular weight is 285 g/mol. The smallest absolute Gasteiger partial charge is 0.263 e. The average Bonchev–Trinajstić information content (AvgIpc) is 2.82. The maximum Gasteiger partial charge on any atom is 0.263 e. The van der Waals surface area contributed by atoms with Crippen molar-refractivity contribution in [2.24, 2.45) is 0 Å². The number of sulfonamides is 1. The Morgan fingerprint density at radius 3 is 2.56 bits per heavy atom. The van der Waals surface area contributed by atoms with Crippen LogP contribution in [0, 0.1) is 0 Å². The summed E-state index contributed by atoms with van der Waals surface area (Å²) in [7, 11) is -3.62. The third-order valence-electron chi connectivity index (χ3n) is 2.07. The van der Waals surface area contributed by atoms with Crippen LogP contribution in [0.5, 0.6) is 0 Å². The molecule has 18 heavy (non-hydrogen) atoms. The van der Waals surface area contributed by atoms with Crippen molar-refractivity contribution in [3.8, 4) is 0 Å². The van der Waals surface area contributed by atoms with Crippen LogP contribution in [-0.2, 0) is 10.0 Å². The van der Waals surface area contributed by atoms with E-state index in [2.05, 4.69) is 24.8 Å². The van der Waals surface area contributed by atoms with E-state index in [-0.39, 0.29) is 10.0 Å². The molecule has 0 aliphatic rings. The zero-order chi connectivity index (χ0) is 13.0. The molecule has 0 unspecified atom stereocenters. The van der Waals surface area contributed by atoms with Gasteiger partial charge in [-0.25, -0.2) is 8.42 Å². The first-order valence-corrected chi connectivity index (χ1v) is 7.39. The van der Waals surface area contributed by atoms with Gasteiger partial charge in [-0.2, -0.15) is 0 Å². The Balaban J connectivity index is 2.19. The summed E-state index contributed by atoms with van der Waals surface area (Å²) in [6.07, 6.45) is 0. The van der Waals surface area contributed by atoms with Crippen LogP contribution in [0.3, 0.4) is 0 Å². The standard InChI is InChI=1S/C9H11N5O2S2/c1-2-10-7-3-5-8(6-4-7)18(15,16)12-9-11-13-14-17-9/h3-6,10H,2H2,1H3,(H,11,12,14). The minimum absolute atomic E-state index is 0.144. The van der Waals surface area contributed by atoms with E-state index in [0.717, 1.165) is 23.8 Å². The SMILES string of the molecule is CCNc1ccc(S(=O)(=O)Nc2nnns2)cc1. The maximum absolute atomic E-state index is 11.9. The molecule has 2 aromatic rings. The highest BCUT2D eigenvalue weighted by molar-refractivity contribution is 7.93. The molecule has 0 saturated carbocycles. The Bertz CT molecular complexity index is 594. The van der Waals surface area contributed by atoms with Crippen molar-refractivity contribution < 1.29 is 8.42 Å². The molecule has 9 heteroatoms.